The third kappa shape index (κ3) is 4.01. The fourth-order valence-electron chi connectivity index (χ4n) is 3.11. The van der Waals surface area contributed by atoms with Crippen molar-refractivity contribution in [2.24, 2.45) is 0 Å². The molecule has 6 heteroatoms. The van der Waals surface area contributed by atoms with E-state index >= 15 is 0 Å². The zero-order valence-corrected chi connectivity index (χ0v) is 12.8. The molecule has 1 aromatic rings. The summed E-state index contributed by atoms with van der Waals surface area (Å²) in [5.74, 6) is 0.513. The van der Waals surface area contributed by atoms with Gasteiger partial charge in [-0.2, -0.15) is 0 Å². The predicted octanol–water partition coefficient (Wildman–Crippen LogP) is 1.38. The molecular formula is C16H23N3O3. The van der Waals surface area contributed by atoms with E-state index in [0.717, 1.165) is 51.1 Å². The van der Waals surface area contributed by atoms with Gasteiger partial charge in [0.1, 0.15) is 12.9 Å². The van der Waals surface area contributed by atoms with Crippen LogP contribution in [0.3, 0.4) is 0 Å². The van der Waals surface area contributed by atoms with Crippen molar-refractivity contribution in [2.75, 3.05) is 32.9 Å². The molecule has 1 atom stereocenters. The molecule has 0 bridgehead atoms. The van der Waals surface area contributed by atoms with E-state index in [1.165, 1.54) is 0 Å². The number of hydrogen-bond acceptors (Lipinski definition) is 5. The number of rotatable bonds is 5. The number of carbonyl (C=O) groups excluding carboxylic acids is 1. The second kappa shape index (κ2) is 7.65. The monoisotopic (exact) mass is 305 g/mol. The smallest absolute Gasteiger partial charge is 0.248 e. The van der Waals surface area contributed by atoms with Crippen LogP contribution in [0.15, 0.2) is 18.6 Å². The largest absolute Gasteiger partial charge is 0.376 e. The van der Waals surface area contributed by atoms with E-state index in [2.05, 4.69) is 9.97 Å². The lowest BCUT2D eigenvalue weighted by Crippen LogP contribution is -2.40. The molecular weight excluding hydrogens is 282 g/mol. The molecule has 0 aliphatic carbocycles. The van der Waals surface area contributed by atoms with Gasteiger partial charge in [-0.1, -0.05) is 0 Å². The molecule has 3 rings (SSSR count). The number of hydrogen-bond donors (Lipinski definition) is 0. The van der Waals surface area contributed by atoms with Gasteiger partial charge in [0.05, 0.1) is 12.7 Å². The van der Waals surface area contributed by atoms with Crippen LogP contribution in [0, 0.1) is 0 Å². The third-order valence-corrected chi connectivity index (χ3v) is 4.42. The van der Waals surface area contributed by atoms with Crippen LogP contribution >= 0.6 is 0 Å². The molecule has 0 radical (unpaired) electrons. The molecule has 0 unspecified atom stereocenters. The third-order valence-electron chi connectivity index (χ3n) is 4.42. The van der Waals surface area contributed by atoms with Crippen LogP contribution in [0.5, 0.6) is 0 Å². The molecule has 2 saturated heterocycles. The molecule has 0 N–H and O–H groups in total. The average molecular weight is 305 g/mol. The molecule has 0 aromatic carbocycles. The number of ether oxygens (including phenoxy) is 2. The lowest BCUT2D eigenvalue weighted by Gasteiger charge is -2.31. The molecule has 3 heterocycles. The molecule has 120 valence electrons. The van der Waals surface area contributed by atoms with Gasteiger partial charge in [0, 0.05) is 37.5 Å². The summed E-state index contributed by atoms with van der Waals surface area (Å²) in [6.07, 6.45) is 7.58. The van der Waals surface area contributed by atoms with Crippen LogP contribution in [0.25, 0.3) is 0 Å². The van der Waals surface area contributed by atoms with E-state index in [1.807, 2.05) is 11.0 Å². The summed E-state index contributed by atoms with van der Waals surface area (Å²) >= 11 is 0. The lowest BCUT2D eigenvalue weighted by atomic mass is 9.93. The van der Waals surface area contributed by atoms with Crippen molar-refractivity contribution >= 4 is 5.91 Å². The Bertz CT molecular complexity index is 469. The Morgan fingerprint density at radius 2 is 2.23 bits per heavy atom. The molecule has 1 aromatic heterocycles. The van der Waals surface area contributed by atoms with Crippen molar-refractivity contribution in [1.82, 2.24) is 14.9 Å². The fourth-order valence-corrected chi connectivity index (χ4v) is 3.11. The Hall–Kier alpha value is -1.53. The summed E-state index contributed by atoms with van der Waals surface area (Å²) in [7, 11) is 0. The Labute approximate surface area is 130 Å². The Morgan fingerprint density at radius 3 is 2.91 bits per heavy atom. The fraction of sp³-hybridized carbons (Fsp3) is 0.688. The first-order chi connectivity index (χ1) is 10.8. The van der Waals surface area contributed by atoms with Crippen LogP contribution in [-0.2, 0) is 14.3 Å². The van der Waals surface area contributed by atoms with Crippen LogP contribution in [0.1, 0.15) is 37.3 Å². The second-order valence-electron chi connectivity index (χ2n) is 5.94. The highest BCUT2D eigenvalue weighted by atomic mass is 16.5. The molecule has 2 fully saturated rings. The van der Waals surface area contributed by atoms with E-state index in [-0.39, 0.29) is 18.6 Å². The maximum absolute atomic E-state index is 12.1. The maximum atomic E-state index is 12.1. The van der Waals surface area contributed by atoms with Crippen molar-refractivity contribution < 1.29 is 14.3 Å². The molecule has 0 saturated carbocycles. The van der Waals surface area contributed by atoms with Gasteiger partial charge in [-0.05, 0) is 31.7 Å². The Balaban J connectivity index is 1.38. The zero-order valence-electron chi connectivity index (χ0n) is 12.8. The van der Waals surface area contributed by atoms with Gasteiger partial charge in [0.25, 0.3) is 0 Å². The highest BCUT2D eigenvalue weighted by Crippen LogP contribution is 2.26. The van der Waals surface area contributed by atoms with Crippen LogP contribution in [0.2, 0.25) is 0 Å². The molecule has 6 nitrogen and oxygen atoms in total. The summed E-state index contributed by atoms with van der Waals surface area (Å²) in [5, 5.41) is 0. The molecule has 2 aliphatic rings. The molecule has 2 aliphatic heterocycles. The summed E-state index contributed by atoms with van der Waals surface area (Å²) in [6.45, 7) is 3.06. The average Bonchev–Trinajstić information content (AvgIpc) is 3.09. The maximum Gasteiger partial charge on any atom is 0.248 e. The zero-order chi connectivity index (χ0) is 15.2. The summed E-state index contributed by atoms with van der Waals surface area (Å²) in [4.78, 5) is 22.3. The van der Waals surface area contributed by atoms with Crippen molar-refractivity contribution in [3.05, 3.63) is 24.3 Å². The van der Waals surface area contributed by atoms with Crippen molar-refractivity contribution in [3.63, 3.8) is 0 Å². The highest BCUT2D eigenvalue weighted by molar-refractivity contribution is 5.77. The van der Waals surface area contributed by atoms with Gasteiger partial charge in [-0.3, -0.25) is 4.79 Å². The molecule has 0 spiro atoms. The summed E-state index contributed by atoms with van der Waals surface area (Å²) in [6, 6.07) is 1.97. The predicted molar refractivity (Wildman–Crippen MR) is 80.4 cm³/mol. The Morgan fingerprint density at radius 1 is 1.36 bits per heavy atom. The van der Waals surface area contributed by atoms with E-state index in [0.29, 0.717) is 12.5 Å². The number of amides is 1. The standard InChI is InChI=1S/C16H23N3O3/c20-16(11-21-10-14-2-1-9-22-14)19-7-4-13(5-8-19)15-3-6-17-12-18-15/h3,6,12-14H,1-2,4-5,7-11H2/t14-/m0/s1. The SMILES string of the molecule is O=C(COC[C@@H]1CCCO1)N1CCC(c2ccncn2)CC1. The highest BCUT2D eigenvalue weighted by Gasteiger charge is 2.25. The lowest BCUT2D eigenvalue weighted by molar-refractivity contribution is -0.138. The van der Waals surface area contributed by atoms with E-state index in [1.54, 1.807) is 12.5 Å². The first kappa shape index (κ1) is 15.4. The van der Waals surface area contributed by atoms with Crippen molar-refractivity contribution in [1.29, 1.82) is 0 Å². The second-order valence-corrected chi connectivity index (χ2v) is 5.94. The number of carbonyl (C=O) groups is 1. The topological polar surface area (TPSA) is 64.6 Å². The van der Waals surface area contributed by atoms with Crippen LogP contribution in [-0.4, -0.2) is 59.8 Å². The number of nitrogens with zero attached hydrogens (tertiary/aromatic N) is 3. The Kier molecular flexibility index (Phi) is 5.34. The van der Waals surface area contributed by atoms with Gasteiger partial charge < -0.3 is 14.4 Å². The van der Waals surface area contributed by atoms with E-state index in [9.17, 15) is 4.79 Å². The minimum atomic E-state index is 0.0825. The minimum absolute atomic E-state index is 0.0825. The minimum Gasteiger partial charge on any atom is -0.376 e. The first-order valence-corrected chi connectivity index (χ1v) is 8.06. The summed E-state index contributed by atoms with van der Waals surface area (Å²) < 4.78 is 11.0. The van der Waals surface area contributed by atoms with Gasteiger partial charge >= 0.3 is 0 Å². The normalized spacial score (nSPS) is 22.9. The quantitative estimate of drug-likeness (QED) is 0.822. The number of aromatic nitrogens is 2. The molecule has 1 amide bonds. The van der Waals surface area contributed by atoms with E-state index < -0.39 is 0 Å². The number of piperidine rings is 1. The van der Waals surface area contributed by atoms with Crippen LogP contribution in [0.4, 0.5) is 0 Å². The van der Waals surface area contributed by atoms with Gasteiger partial charge in [0.2, 0.25) is 5.91 Å². The summed E-state index contributed by atoms with van der Waals surface area (Å²) in [5.41, 5.74) is 1.08. The van der Waals surface area contributed by atoms with Crippen molar-refractivity contribution in [2.45, 2.75) is 37.7 Å². The van der Waals surface area contributed by atoms with Gasteiger partial charge in [-0.25, -0.2) is 9.97 Å². The first-order valence-electron chi connectivity index (χ1n) is 8.06. The molecule has 22 heavy (non-hydrogen) atoms. The van der Waals surface area contributed by atoms with Gasteiger partial charge in [-0.15, -0.1) is 0 Å². The van der Waals surface area contributed by atoms with Crippen LogP contribution < -0.4 is 0 Å². The van der Waals surface area contributed by atoms with Gasteiger partial charge in [0.15, 0.2) is 0 Å². The van der Waals surface area contributed by atoms with Crippen molar-refractivity contribution in [3.8, 4) is 0 Å². The van der Waals surface area contributed by atoms with E-state index in [4.69, 9.17) is 9.47 Å². The number of likely N-dealkylation sites (tertiary alicyclic amines) is 1.